The van der Waals surface area contributed by atoms with Crippen LogP contribution in [0.5, 0.6) is 0 Å². The van der Waals surface area contributed by atoms with E-state index in [1.54, 1.807) is 11.8 Å². The molecule has 1 fully saturated rings. The van der Waals surface area contributed by atoms with E-state index in [0.717, 1.165) is 42.0 Å². The molecule has 7 heteroatoms. The third-order valence-corrected chi connectivity index (χ3v) is 8.05. The van der Waals surface area contributed by atoms with Gasteiger partial charge in [0.25, 0.3) is 5.56 Å². The highest BCUT2D eigenvalue weighted by Crippen LogP contribution is 2.35. The van der Waals surface area contributed by atoms with Crippen LogP contribution in [0, 0.1) is 0 Å². The summed E-state index contributed by atoms with van der Waals surface area (Å²) in [6.07, 6.45) is 5.49. The minimum Gasteiger partial charge on any atom is -0.310 e. The van der Waals surface area contributed by atoms with E-state index in [0.29, 0.717) is 22.6 Å². The molecule has 160 valence electrons. The zero-order chi connectivity index (χ0) is 21.2. The average molecular weight is 452 g/mol. The second-order valence-electron chi connectivity index (χ2n) is 8.03. The molecular formula is C24H25N3O2S2. The molecule has 31 heavy (non-hydrogen) atoms. The smallest absolute Gasteiger partial charge is 0.262 e. The predicted molar refractivity (Wildman–Crippen MR) is 128 cm³/mol. The standard InChI is InChI=1S/C24H25N3O2S2/c28-22(26-14-15-30-21-13-7-6-12-20(21)26)16-31-24-25-19-11-5-4-10-18(19)23(29)27(24)17-8-2-1-3-9-17/h4-7,10-13,17H,1-3,8-9,14-16H2. The number of para-hydroxylation sites is 2. The van der Waals surface area contributed by atoms with Crippen LogP contribution in [0.3, 0.4) is 0 Å². The summed E-state index contributed by atoms with van der Waals surface area (Å²) in [6, 6.07) is 15.8. The van der Waals surface area contributed by atoms with E-state index in [4.69, 9.17) is 4.98 Å². The highest BCUT2D eigenvalue weighted by atomic mass is 32.2. The van der Waals surface area contributed by atoms with Crippen LogP contribution in [-0.4, -0.2) is 33.5 Å². The van der Waals surface area contributed by atoms with Crippen molar-refractivity contribution in [3.63, 3.8) is 0 Å². The maximum absolute atomic E-state index is 13.4. The summed E-state index contributed by atoms with van der Waals surface area (Å²) in [5, 5.41) is 1.33. The third-order valence-electron chi connectivity index (χ3n) is 6.07. The lowest BCUT2D eigenvalue weighted by Gasteiger charge is -2.29. The SMILES string of the molecule is O=C(CSc1nc2ccccc2c(=O)n1C1CCCCC1)N1CCSc2ccccc21. The minimum absolute atomic E-state index is 0.0205. The van der Waals surface area contributed by atoms with Crippen molar-refractivity contribution in [2.75, 3.05) is 23.0 Å². The molecule has 2 aliphatic rings. The average Bonchev–Trinajstić information content (AvgIpc) is 2.83. The Kier molecular flexibility index (Phi) is 6.05. The van der Waals surface area contributed by atoms with Crippen LogP contribution < -0.4 is 10.5 Å². The van der Waals surface area contributed by atoms with Crippen LogP contribution in [0.25, 0.3) is 10.9 Å². The van der Waals surface area contributed by atoms with E-state index >= 15 is 0 Å². The summed E-state index contributed by atoms with van der Waals surface area (Å²) in [6.45, 7) is 0.710. The number of nitrogens with zero attached hydrogens (tertiary/aromatic N) is 3. The van der Waals surface area contributed by atoms with Crippen molar-refractivity contribution >= 4 is 46.0 Å². The lowest BCUT2D eigenvalue weighted by atomic mass is 9.95. The second kappa shape index (κ2) is 9.09. The van der Waals surface area contributed by atoms with Crippen LogP contribution in [0.4, 0.5) is 5.69 Å². The molecule has 1 aromatic heterocycles. The molecule has 1 aliphatic carbocycles. The number of aromatic nitrogens is 2. The maximum Gasteiger partial charge on any atom is 0.262 e. The molecule has 2 aromatic carbocycles. The first kappa shape index (κ1) is 20.6. The first-order valence-corrected chi connectivity index (χ1v) is 12.9. The van der Waals surface area contributed by atoms with Gasteiger partial charge in [-0.1, -0.05) is 55.3 Å². The summed E-state index contributed by atoms with van der Waals surface area (Å²) >= 11 is 3.19. The van der Waals surface area contributed by atoms with Crippen LogP contribution in [-0.2, 0) is 4.79 Å². The molecular weight excluding hydrogens is 426 g/mol. The van der Waals surface area contributed by atoms with Crippen molar-refractivity contribution in [1.29, 1.82) is 0 Å². The molecule has 0 saturated heterocycles. The molecule has 0 radical (unpaired) electrons. The Balaban J connectivity index is 1.45. The predicted octanol–water partition coefficient (Wildman–Crippen LogP) is 5.13. The van der Waals surface area contributed by atoms with Crippen molar-refractivity contribution in [2.45, 2.75) is 48.2 Å². The largest absolute Gasteiger partial charge is 0.310 e. The second-order valence-corrected chi connectivity index (χ2v) is 10.1. The summed E-state index contributed by atoms with van der Waals surface area (Å²) in [4.78, 5) is 34.4. The number of hydrogen-bond acceptors (Lipinski definition) is 5. The molecule has 0 atom stereocenters. The number of hydrogen-bond donors (Lipinski definition) is 0. The monoisotopic (exact) mass is 451 g/mol. The Hall–Kier alpha value is -2.25. The van der Waals surface area contributed by atoms with Gasteiger partial charge >= 0.3 is 0 Å². The Labute approximate surface area is 190 Å². The molecule has 5 rings (SSSR count). The fraction of sp³-hybridized carbons (Fsp3) is 0.375. The van der Waals surface area contributed by atoms with Gasteiger partial charge in [-0.05, 0) is 37.1 Å². The highest BCUT2D eigenvalue weighted by Gasteiger charge is 2.25. The molecule has 3 aromatic rings. The van der Waals surface area contributed by atoms with Crippen molar-refractivity contribution in [3.05, 3.63) is 58.9 Å². The summed E-state index contributed by atoms with van der Waals surface area (Å²) in [5.41, 5.74) is 1.71. The molecule has 1 saturated carbocycles. The van der Waals surface area contributed by atoms with Crippen LogP contribution in [0.2, 0.25) is 0 Å². The first-order chi connectivity index (χ1) is 15.2. The van der Waals surface area contributed by atoms with E-state index in [1.807, 2.05) is 51.9 Å². The van der Waals surface area contributed by atoms with Gasteiger partial charge in [0.2, 0.25) is 5.91 Å². The number of amides is 1. The van der Waals surface area contributed by atoms with E-state index in [9.17, 15) is 9.59 Å². The van der Waals surface area contributed by atoms with Gasteiger partial charge in [-0.2, -0.15) is 0 Å². The highest BCUT2D eigenvalue weighted by molar-refractivity contribution is 8.00. The molecule has 0 spiro atoms. The van der Waals surface area contributed by atoms with Crippen molar-refractivity contribution in [1.82, 2.24) is 9.55 Å². The van der Waals surface area contributed by atoms with Gasteiger partial charge in [-0.15, -0.1) is 11.8 Å². The Morgan fingerprint density at radius 2 is 1.84 bits per heavy atom. The van der Waals surface area contributed by atoms with Gasteiger partial charge in [-0.3, -0.25) is 14.2 Å². The molecule has 1 amide bonds. The number of anilines is 1. The normalized spacial score (nSPS) is 17.0. The van der Waals surface area contributed by atoms with E-state index in [1.165, 1.54) is 18.2 Å². The van der Waals surface area contributed by atoms with Gasteiger partial charge in [0.05, 0.1) is 22.3 Å². The molecule has 0 N–H and O–H groups in total. The van der Waals surface area contributed by atoms with Crippen LogP contribution in [0.15, 0.2) is 63.4 Å². The molecule has 1 aliphatic heterocycles. The lowest BCUT2D eigenvalue weighted by Crippen LogP contribution is -2.37. The van der Waals surface area contributed by atoms with Gasteiger partial charge in [0, 0.05) is 23.2 Å². The number of fused-ring (bicyclic) bond motifs is 2. The molecule has 0 bridgehead atoms. The molecule has 0 unspecified atom stereocenters. The lowest BCUT2D eigenvalue weighted by molar-refractivity contribution is -0.116. The van der Waals surface area contributed by atoms with Crippen molar-refractivity contribution in [2.24, 2.45) is 0 Å². The Morgan fingerprint density at radius 3 is 2.71 bits per heavy atom. The fourth-order valence-electron chi connectivity index (χ4n) is 4.52. The van der Waals surface area contributed by atoms with Crippen molar-refractivity contribution in [3.8, 4) is 0 Å². The van der Waals surface area contributed by atoms with Gasteiger partial charge in [0.15, 0.2) is 5.16 Å². The van der Waals surface area contributed by atoms with E-state index < -0.39 is 0 Å². The zero-order valence-electron chi connectivity index (χ0n) is 17.3. The van der Waals surface area contributed by atoms with Crippen molar-refractivity contribution < 1.29 is 4.79 Å². The topological polar surface area (TPSA) is 55.2 Å². The number of benzene rings is 2. The Bertz CT molecular complexity index is 1170. The maximum atomic E-state index is 13.4. The van der Waals surface area contributed by atoms with Crippen LogP contribution in [0.1, 0.15) is 38.1 Å². The van der Waals surface area contributed by atoms with Gasteiger partial charge in [0.1, 0.15) is 0 Å². The summed E-state index contributed by atoms with van der Waals surface area (Å²) in [5.74, 6) is 1.24. The third kappa shape index (κ3) is 4.13. The molecule has 5 nitrogen and oxygen atoms in total. The fourth-order valence-corrected chi connectivity index (χ4v) is 6.46. The summed E-state index contributed by atoms with van der Waals surface area (Å²) < 4.78 is 1.87. The Morgan fingerprint density at radius 1 is 1.06 bits per heavy atom. The van der Waals surface area contributed by atoms with E-state index in [2.05, 4.69) is 6.07 Å². The minimum atomic E-state index is 0.0205. The summed E-state index contributed by atoms with van der Waals surface area (Å²) in [7, 11) is 0. The number of thioether (sulfide) groups is 2. The van der Waals surface area contributed by atoms with Gasteiger partial charge < -0.3 is 4.90 Å². The number of carbonyl (C=O) groups excluding carboxylic acids is 1. The number of carbonyl (C=O) groups is 1. The van der Waals surface area contributed by atoms with E-state index in [-0.39, 0.29) is 23.3 Å². The zero-order valence-corrected chi connectivity index (χ0v) is 19.0. The quantitative estimate of drug-likeness (QED) is 0.406. The molecule has 2 heterocycles. The van der Waals surface area contributed by atoms with Crippen LogP contribution >= 0.6 is 23.5 Å². The number of rotatable bonds is 4. The van der Waals surface area contributed by atoms with Gasteiger partial charge in [-0.25, -0.2) is 4.98 Å². The first-order valence-electron chi connectivity index (χ1n) is 10.9.